The van der Waals surface area contributed by atoms with E-state index in [1.807, 2.05) is 16.4 Å². The molecule has 0 saturated carbocycles. The summed E-state index contributed by atoms with van der Waals surface area (Å²) < 4.78 is 25.3. The Labute approximate surface area is 229 Å². The minimum absolute atomic E-state index is 0.0155. The number of H-pyrrole nitrogens is 1. The molecule has 6 rings (SSSR count). The second kappa shape index (κ2) is 11.1. The number of aromatic nitrogens is 4. The first kappa shape index (κ1) is 25.4. The maximum atomic E-state index is 11.7. The van der Waals surface area contributed by atoms with Gasteiger partial charge in [-0.3, -0.25) is 0 Å². The van der Waals surface area contributed by atoms with Crippen molar-refractivity contribution in [1.82, 2.24) is 24.2 Å². The summed E-state index contributed by atoms with van der Waals surface area (Å²) in [5.74, 6) is 1.26. The van der Waals surface area contributed by atoms with Gasteiger partial charge in [0, 0.05) is 49.2 Å². The molecule has 0 aliphatic carbocycles. The van der Waals surface area contributed by atoms with Crippen LogP contribution < -0.4 is 9.64 Å². The van der Waals surface area contributed by atoms with Crippen LogP contribution in [0.25, 0.3) is 33.8 Å². The number of aromatic amines is 1. The van der Waals surface area contributed by atoms with E-state index in [2.05, 4.69) is 50.2 Å². The molecule has 11 heteroatoms. The molecule has 2 fully saturated rings. The molecule has 2 aliphatic rings. The van der Waals surface area contributed by atoms with Gasteiger partial charge in [-0.05, 0) is 55.3 Å². The number of nitrogens with zero attached hydrogens (tertiary/aromatic N) is 6. The van der Waals surface area contributed by atoms with Gasteiger partial charge in [-0.15, -0.1) is 0 Å². The van der Waals surface area contributed by atoms with E-state index in [9.17, 15) is 9.47 Å². The lowest BCUT2D eigenvalue weighted by Crippen LogP contribution is -2.38. The fourth-order valence-electron chi connectivity index (χ4n) is 5.09. The van der Waals surface area contributed by atoms with Gasteiger partial charge in [-0.25, -0.2) is 23.5 Å². The normalized spacial score (nSPS) is 17.7. The molecular weight excluding hydrogens is 514 g/mol. The summed E-state index contributed by atoms with van der Waals surface area (Å²) in [7, 11) is -0.969. The SMILES string of the molecule is CS(=O)N1CCC(Oc2ccc(-c3ncnc4nc(-c5ccc(N6CCOCC6)cc5)[nH]c34)cc2C#N)CC1. The molecular formula is C28H29N7O3S. The lowest BCUT2D eigenvalue weighted by Gasteiger charge is -2.30. The highest BCUT2D eigenvalue weighted by Crippen LogP contribution is 2.32. The Morgan fingerprint density at radius 3 is 2.51 bits per heavy atom. The Hall–Kier alpha value is -3.85. The maximum Gasteiger partial charge on any atom is 0.181 e. The third kappa shape index (κ3) is 5.36. The molecule has 4 heterocycles. The fourth-order valence-corrected chi connectivity index (χ4v) is 5.81. The van der Waals surface area contributed by atoms with Gasteiger partial charge in [0.15, 0.2) is 5.65 Å². The number of benzene rings is 2. The van der Waals surface area contributed by atoms with E-state index in [1.54, 1.807) is 12.3 Å². The highest BCUT2D eigenvalue weighted by Gasteiger charge is 2.23. The summed E-state index contributed by atoms with van der Waals surface area (Å²) in [4.78, 5) is 19.3. The number of imidazole rings is 1. The Balaban J connectivity index is 1.24. The number of ether oxygens (including phenoxy) is 2. The van der Waals surface area contributed by atoms with Crippen molar-refractivity contribution in [3.8, 4) is 34.5 Å². The highest BCUT2D eigenvalue weighted by atomic mass is 32.2. The van der Waals surface area contributed by atoms with Crippen molar-refractivity contribution in [2.45, 2.75) is 18.9 Å². The topological polar surface area (TPSA) is 120 Å². The molecule has 4 aromatic rings. The third-order valence-electron chi connectivity index (χ3n) is 7.24. The molecule has 39 heavy (non-hydrogen) atoms. The summed E-state index contributed by atoms with van der Waals surface area (Å²) in [5.41, 5.74) is 5.28. The number of nitriles is 1. The lowest BCUT2D eigenvalue weighted by atomic mass is 10.1. The number of nitrogens with one attached hydrogen (secondary N) is 1. The Morgan fingerprint density at radius 1 is 1.05 bits per heavy atom. The minimum Gasteiger partial charge on any atom is -0.489 e. The van der Waals surface area contributed by atoms with Crippen LogP contribution >= 0.6 is 0 Å². The second-order valence-electron chi connectivity index (χ2n) is 9.65. The quantitative estimate of drug-likeness (QED) is 0.392. The Bertz CT molecular complexity index is 1540. The molecule has 0 radical (unpaired) electrons. The smallest absolute Gasteiger partial charge is 0.181 e. The zero-order chi connectivity index (χ0) is 26.8. The van der Waals surface area contributed by atoms with Crippen LogP contribution in [0.3, 0.4) is 0 Å². The van der Waals surface area contributed by atoms with E-state index >= 15 is 0 Å². The summed E-state index contributed by atoms with van der Waals surface area (Å²) >= 11 is 0. The van der Waals surface area contributed by atoms with Crippen molar-refractivity contribution < 1.29 is 13.7 Å². The van der Waals surface area contributed by atoms with Crippen molar-refractivity contribution in [2.24, 2.45) is 0 Å². The molecule has 2 aromatic carbocycles. The van der Waals surface area contributed by atoms with E-state index in [4.69, 9.17) is 14.5 Å². The number of hydrogen-bond acceptors (Lipinski definition) is 8. The van der Waals surface area contributed by atoms with Gasteiger partial charge in [0.25, 0.3) is 0 Å². The van der Waals surface area contributed by atoms with E-state index < -0.39 is 11.0 Å². The molecule has 200 valence electrons. The van der Waals surface area contributed by atoms with Crippen molar-refractivity contribution >= 4 is 27.8 Å². The summed E-state index contributed by atoms with van der Waals surface area (Å²) in [6, 6.07) is 16.1. The predicted octanol–water partition coefficient (Wildman–Crippen LogP) is 3.53. The first-order chi connectivity index (χ1) is 19.1. The molecule has 1 unspecified atom stereocenters. The van der Waals surface area contributed by atoms with Crippen LogP contribution in [0.5, 0.6) is 5.75 Å². The summed E-state index contributed by atoms with van der Waals surface area (Å²) in [5, 5.41) is 9.87. The Kier molecular flexibility index (Phi) is 7.24. The van der Waals surface area contributed by atoms with Crippen LogP contribution in [0, 0.1) is 11.3 Å². The molecule has 10 nitrogen and oxygen atoms in total. The van der Waals surface area contributed by atoms with Crippen molar-refractivity contribution in [2.75, 3.05) is 50.5 Å². The summed E-state index contributed by atoms with van der Waals surface area (Å²) in [6.07, 6.45) is 4.71. The molecule has 2 saturated heterocycles. The van der Waals surface area contributed by atoms with Gasteiger partial charge in [-0.2, -0.15) is 5.26 Å². The van der Waals surface area contributed by atoms with E-state index in [0.717, 1.165) is 56.0 Å². The third-order valence-corrected chi connectivity index (χ3v) is 8.33. The number of rotatable bonds is 6. The zero-order valence-electron chi connectivity index (χ0n) is 21.7. The van der Waals surface area contributed by atoms with Gasteiger partial charge in [0.2, 0.25) is 0 Å². The van der Waals surface area contributed by atoms with Gasteiger partial charge in [0.05, 0.1) is 35.5 Å². The van der Waals surface area contributed by atoms with Crippen molar-refractivity contribution in [3.05, 3.63) is 54.4 Å². The largest absolute Gasteiger partial charge is 0.489 e. The predicted molar refractivity (Wildman–Crippen MR) is 150 cm³/mol. The summed E-state index contributed by atoms with van der Waals surface area (Å²) in [6.45, 7) is 4.69. The van der Waals surface area contributed by atoms with Crippen molar-refractivity contribution in [3.63, 3.8) is 0 Å². The van der Waals surface area contributed by atoms with Crippen LogP contribution in [-0.4, -0.2) is 80.2 Å². The van der Waals surface area contributed by atoms with E-state index in [-0.39, 0.29) is 6.10 Å². The number of piperidine rings is 1. The minimum atomic E-state index is -0.969. The maximum absolute atomic E-state index is 11.7. The average molecular weight is 544 g/mol. The lowest BCUT2D eigenvalue weighted by molar-refractivity contribution is 0.122. The van der Waals surface area contributed by atoms with Gasteiger partial charge in [-0.1, -0.05) is 0 Å². The van der Waals surface area contributed by atoms with Gasteiger partial charge < -0.3 is 19.4 Å². The molecule has 1 N–H and O–H groups in total. The molecule has 2 aromatic heterocycles. The molecule has 0 bridgehead atoms. The van der Waals surface area contributed by atoms with Crippen LogP contribution in [0.2, 0.25) is 0 Å². The number of hydrogen-bond donors (Lipinski definition) is 1. The van der Waals surface area contributed by atoms with Crippen LogP contribution in [0.15, 0.2) is 48.8 Å². The second-order valence-corrected chi connectivity index (χ2v) is 11.0. The average Bonchev–Trinajstić information content (AvgIpc) is 3.43. The number of fused-ring (bicyclic) bond motifs is 1. The fraction of sp³-hybridized carbons (Fsp3) is 0.357. The monoisotopic (exact) mass is 543 g/mol. The molecule has 1 atom stereocenters. The van der Waals surface area contributed by atoms with E-state index in [0.29, 0.717) is 47.1 Å². The van der Waals surface area contributed by atoms with Crippen molar-refractivity contribution in [1.29, 1.82) is 5.26 Å². The van der Waals surface area contributed by atoms with Gasteiger partial charge >= 0.3 is 0 Å². The van der Waals surface area contributed by atoms with E-state index in [1.165, 1.54) is 6.33 Å². The molecule has 0 spiro atoms. The highest BCUT2D eigenvalue weighted by molar-refractivity contribution is 7.81. The van der Waals surface area contributed by atoms with Crippen LogP contribution in [-0.2, 0) is 15.7 Å². The van der Waals surface area contributed by atoms with Gasteiger partial charge in [0.1, 0.15) is 35.6 Å². The standard InChI is InChI=1S/C28H29N7O3S/c1-39(36)35-10-8-23(9-11-35)38-24-7-4-20(16-21(24)17-29)25-26-28(31-18-30-25)33-27(32-26)19-2-5-22(6-3-19)34-12-14-37-15-13-34/h2-7,16,18,23H,8-15H2,1H3,(H,30,31,32,33). The van der Waals surface area contributed by atoms with Crippen LogP contribution in [0.4, 0.5) is 5.69 Å². The molecule has 2 aliphatic heterocycles. The number of morpholine rings is 1. The zero-order valence-corrected chi connectivity index (χ0v) is 22.5. The first-order valence-corrected chi connectivity index (χ1v) is 14.5. The number of anilines is 1. The Morgan fingerprint density at radius 2 is 1.79 bits per heavy atom. The molecule has 0 amide bonds. The van der Waals surface area contributed by atoms with Crippen LogP contribution in [0.1, 0.15) is 18.4 Å². The first-order valence-electron chi connectivity index (χ1n) is 13.0.